The van der Waals surface area contributed by atoms with Crippen molar-refractivity contribution in [2.45, 2.75) is 32.2 Å². The highest BCUT2D eigenvalue weighted by molar-refractivity contribution is 9.11. The minimum Gasteiger partial charge on any atom is -0.367 e. The monoisotopic (exact) mass is 376 g/mol. The van der Waals surface area contributed by atoms with Gasteiger partial charge in [-0.05, 0) is 58.0 Å². The Labute approximate surface area is 123 Å². The number of anilines is 1. The topological polar surface area (TPSA) is 46.4 Å². The number of hydrogen-bond donors (Lipinski definition) is 0. The van der Waals surface area contributed by atoms with Gasteiger partial charge in [0.05, 0.1) is 10.6 Å². The summed E-state index contributed by atoms with van der Waals surface area (Å²) in [7, 11) is 0. The van der Waals surface area contributed by atoms with E-state index >= 15 is 0 Å². The second-order valence-electron chi connectivity index (χ2n) is 4.55. The van der Waals surface area contributed by atoms with Crippen molar-refractivity contribution >= 4 is 43.2 Å². The lowest BCUT2D eigenvalue weighted by Crippen LogP contribution is -2.37. The van der Waals surface area contributed by atoms with E-state index in [4.69, 9.17) is 0 Å². The Bertz CT molecular complexity index is 456. The number of nitro groups is 1. The van der Waals surface area contributed by atoms with Gasteiger partial charge in [0, 0.05) is 33.7 Å². The van der Waals surface area contributed by atoms with Gasteiger partial charge in [-0.25, -0.2) is 0 Å². The summed E-state index contributed by atoms with van der Waals surface area (Å²) < 4.78 is 1.55. The number of hydrogen-bond acceptors (Lipinski definition) is 3. The maximum absolute atomic E-state index is 10.8. The van der Waals surface area contributed by atoms with E-state index in [1.807, 2.05) is 0 Å². The molecule has 0 N–H and O–H groups in total. The zero-order chi connectivity index (χ0) is 13.3. The van der Waals surface area contributed by atoms with Gasteiger partial charge in [-0.3, -0.25) is 10.1 Å². The first kappa shape index (κ1) is 13.8. The van der Waals surface area contributed by atoms with Crippen LogP contribution < -0.4 is 4.90 Å². The smallest absolute Gasteiger partial charge is 0.271 e. The number of non-ortho nitro benzene ring substituents is 1. The molecule has 98 valence electrons. The molecule has 1 fully saturated rings. The molecule has 1 aliphatic heterocycles. The molecule has 0 bridgehead atoms. The van der Waals surface area contributed by atoms with Crippen LogP contribution in [0, 0.1) is 10.1 Å². The third-order valence-corrected chi connectivity index (χ3v) is 4.51. The van der Waals surface area contributed by atoms with Gasteiger partial charge in [0.15, 0.2) is 0 Å². The van der Waals surface area contributed by atoms with Crippen LogP contribution in [-0.2, 0) is 0 Å². The van der Waals surface area contributed by atoms with Crippen LogP contribution in [0.3, 0.4) is 0 Å². The number of rotatable bonds is 2. The SMILES string of the molecule is C[C@@H]1CCCCN1c1c(Br)cc([N+](=O)[O-])cc1Br. The van der Waals surface area contributed by atoms with E-state index in [9.17, 15) is 10.1 Å². The Balaban J connectivity index is 2.41. The van der Waals surface area contributed by atoms with Crippen molar-refractivity contribution in [2.75, 3.05) is 11.4 Å². The predicted molar refractivity (Wildman–Crippen MR) is 79.2 cm³/mol. The number of nitro benzene ring substituents is 1. The van der Waals surface area contributed by atoms with Gasteiger partial charge >= 0.3 is 0 Å². The third-order valence-electron chi connectivity index (χ3n) is 3.30. The number of nitrogens with zero attached hydrogens (tertiary/aromatic N) is 2. The van der Waals surface area contributed by atoms with E-state index < -0.39 is 0 Å². The lowest BCUT2D eigenvalue weighted by atomic mass is 10.0. The number of piperidine rings is 1. The zero-order valence-corrected chi connectivity index (χ0v) is 13.2. The van der Waals surface area contributed by atoms with E-state index in [2.05, 4.69) is 43.7 Å². The van der Waals surface area contributed by atoms with Crippen molar-refractivity contribution in [2.24, 2.45) is 0 Å². The summed E-state index contributed by atoms with van der Waals surface area (Å²) in [5, 5.41) is 10.8. The Hall–Kier alpha value is -0.620. The molecule has 1 heterocycles. The van der Waals surface area contributed by atoms with Gasteiger partial charge in [-0.1, -0.05) is 0 Å². The molecule has 1 atom stereocenters. The van der Waals surface area contributed by atoms with Crippen LogP contribution >= 0.6 is 31.9 Å². The van der Waals surface area contributed by atoms with E-state index in [0.717, 1.165) is 27.6 Å². The van der Waals surface area contributed by atoms with Crippen LogP contribution in [0.2, 0.25) is 0 Å². The molecule has 0 saturated carbocycles. The molecule has 1 aromatic carbocycles. The molecule has 0 spiro atoms. The largest absolute Gasteiger partial charge is 0.367 e. The Morgan fingerprint density at radius 1 is 1.33 bits per heavy atom. The maximum Gasteiger partial charge on any atom is 0.271 e. The molecule has 18 heavy (non-hydrogen) atoms. The van der Waals surface area contributed by atoms with E-state index in [-0.39, 0.29) is 10.6 Å². The first-order valence-corrected chi connectivity index (χ1v) is 7.49. The summed E-state index contributed by atoms with van der Waals surface area (Å²) in [6, 6.07) is 3.61. The van der Waals surface area contributed by atoms with Gasteiger partial charge in [-0.15, -0.1) is 0 Å². The molecule has 1 aliphatic rings. The second-order valence-corrected chi connectivity index (χ2v) is 6.26. The van der Waals surface area contributed by atoms with E-state index in [1.165, 1.54) is 12.8 Å². The Morgan fingerprint density at radius 3 is 2.44 bits per heavy atom. The first-order chi connectivity index (χ1) is 8.50. The fourth-order valence-electron chi connectivity index (χ4n) is 2.36. The Kier molecular flexibility index (Phi) is 4.27. The van der Waals surface area contributed by atoms with Gasteiger partial charge in [0.1, 0.15) is 0 Å². The summed E-state index contributed by atoms with van der Waals surface area (Å²) in [5.74, 6) is 0. The van der Waals surface area contributed by atoms with Crippen molar-refractivity contribution in [3.05, 3.63) is 31.2 Å². The van der Waals surface area contributed by atoms with Crippen LogP contribution in [0.15, 0.2) is 21.1 Å². The van der Waals surface area contributed by atoms with Crippen molar-refractivity contribution in [3.63, 3.8) is 0 Å². The quantitative estimate of drug-likeness (QED) is 0.563. The molecule has 6 heteroatoms. The van der Waals surface area contributed by atoms with Gasteiger partial charge < -0.3 is 4.90 Å². The van der Waals surface area contributed by atoms with E-state index in [0.29, 0.717) is 6.04 Å². The molecule has 0 unspecified atom stereocenters. The lowest BCUT2D eigenvalue weighted by molar-refractivity contribution is -0.385. The summed E-state index contributed by atoms with van der Waals surface area (Å²) in [4.78, 5) is 12.7. The normalized spacial score (nSPS) is 19.9. The summed E-state index contributed by atoms with van der Waals surface area (Å²) in [6.07, 6.45) is 3.58. The van der Waals surface area contributed by atoms with Crippen LogP contribution in [0.4, 0.5) is 11.4 Å². The number of benzene rings is 1. The molecule has 2 rings (SSSR count). The van der Waals surface area contributed by atoms with Crippen LogP contribution in [0.1, 0.15) is 26.2 Å². The average Bonchev–Trinajstić information content (AvgIpc) is 2.30. The highest BCUT2D eigenvalue weighted by atomic mass is 79.9. The second kappa shape index (κ2) is 5.57. The van der Waals surface area contributed by atoms with Crippen LogP contribution in [0.5, 0.6) is 0 Å². The minimum absolute atomic E-state index is 0.0992. The minimum atomic E-state index is -0.376. The summed E-state index contributed by atoms with van der Waals surface area (Å²) in [5.41, 5.74) is 1.12. The van der Waals surface area contributed by atoms with Crippen LogP contribution in [-0.4, -0.2) is 17.5 Å². The lowest BCUT2D eigenvalue weighted by Gasteiger charge is -2.36. The molecule has 1 aromatic rings. The average molecular weight is 378 g/mol. The molecule has 0 aliphatic carbocycles. The molecule has 1 saturated heterocycles. The third kappa shape index (κ3) is 2.69. The van der Waals surface area contributed by atoms with Crippen LogP contribution in [0.25, 0.3) is 0 Å². The molecule has 0 aromatic heterocycles. The van der Waals surface area contributed by atoms with Crippen molar-refractivity contribution in [1.82, 2.24) is 0 Å². The molecular formula is C12H14Br2N2O2. The fourth-order valence-corrected chi connectivity index (χ4v) is 3.98. The summed E-state index contributed by atoms with van der Waals surface area (Å²) in [6.45, 7) is 3.19. The molecule has 4 nitrogen and oxygen atoms in total. The van der Waals surface area contributed by atoms with Gasteiger partial charge in [0.2, 0.25) is 0 Å². The first-order valence-electron chi connectivity index (χ1n) is 5.91. The molecular weight excluding hydrogens is 364 g/mol. The van der Waals surface area contributed by atoms with E-state index in [1.54, 1.807) is 12.1 Å². The highest BCUT2D eigenvalue weighted by Crippen LogP contribution is 2.40. The standard InChI is InChI=1S/C12H14Br2N2O2/c1-8-4-2-3-5-15(8)12-10(13)6-9(16(17)18)7-11(12)14/h6-8H,2-5H2,1H3/t8-/m1/s1. The maximum atomic E-state index is 10.8. The highest BCUT2D eigenvalue weighted by Gasteiger charge is 2.24. The fraction of sp³-hybridized carbons (Fsp3) is 0.500. The van der Waals surface area contributed by atoms with Crippen molar-refractivity contribution < 1.29 is 4.92 Å². The van der Waals surface area contributed by atoms with Gasteiger partial charge in [-0.2, -0.15) is 0 Å². The van der Waals surface area contributed by atoms with Gasteiger partial charge in [0.25, 0.3) is 5.69 Å². The van der Waals surface area contributed by atoms with Crippen molar-refractivity contribution in [3.8, 4) is 0 Å². The molecule has 0 amide bonds. The zero-order valence-electron chi connectivity index (χ0n) is 10.0. The number of halogens is 2. The predicted octanol–water partition coefficient (Wildman–Crippen LogP) is 4.50. The molecule has 0 radical (unpaired) electrons. The Morgan fingerprint density at radius 2 is 1.94 bits per heavy atom. The summed E-state index contributed by atoms with van der Waals surface area (Å²) >= 11 is 6.91. The van der Waals surface area contributed by atoms with Crippen molar-refractivity contribution in [1.29, 1.82) is 0 Å².